The van der Waals surface area contributed by atoms with Gasteiger partial charge in [-0.1, -0.05) is 63.7 Å². The number of carbonyl (C=O) groups excluding carboxylic acids is 6. The molecular formula is C56H66N12O11S2. The van der Waals surface area contributed by atoms with Gasteiger partial charge in [0.2, 0.25) is 35.3 Å². The van der Waals surface area contributed by atoms with Crippen molar-refractivity contribution in [2.75, 3.05) is 32.2 Å². The molecule has 428 valence electrons. The number of imidazole rings is 1. The van der Waals surface area contributed by atoms with Gasteiger partial charge in [0.1, 0.15) is 34.6 Å². The molecule has 2 unspecified atom stereocenters. The van der Waals surface area contributed by atoms with Crippen molar-refractivity contribution >= 4 is 92.7 Å². The lowest BCUT2D eigenvalue weighted by atomic mass is 10.1. The third kappa shape index (κ3) is 14.0. The fourth-order valence-corrected chi connectivity index (χ4v) is 10.3. The molecule has 23 nitrogen and oxygen atoms in total. The van der Waals surface area contributed by atoms with E-state index in [2.05, 4.69) is 69.9 Å². The van der Waals surface area contributed by atoms with Crippen molar-refractivity contribution in [3.63, 3.8) is 0 Å². The van der Waals surface area contributed by atoms with E-state index in [0.29, 0.717) is 110 Å². The van der Waals surface area contributed by atoms with Crippen molar-refractivity contribution < 1.29 is 51.8 Å². The normalized spacial score (nSPS) is 14.4. The third-order valence-electron chi connectivity index (χ3n) is 12.9. The number of anilines is 1. The Kier molecular flexibility index (Phi) is 19.6. The van der Waals surface area contributed by atoms with Gasteiger partial charge in [-0.25, -0.2) is 15.0 Å². The Morgan fingerprint density at radius 1 is 0.901 bits per heavy atom. The number of rotatable bonds is 30. The summed E-state index contributed by atoms with van der Waals surface area (Å²) in [6, 6.07) is 5.32. The van der Waals surface area contributed by atoms with Crippen LogP contribution in [0.25, 0.3) is 26.9 Å². The largest absolute Gasteiger partial charge is 0.496 e. The summed E-state index contributed by atoms with van der Waals surface area (Å²) < 4.78 is 34.1. The third-order valence-corrected chi connectivity index (χ3v) is 14.4. The van der Waals surface area contributed by atoms with E-state index in [4.69, 9.17) is 39.5 Å². The second kappa shape index (κ2) is 26.5. The number of benzene rings is 2. The maximum absolute atomic E-state index is 13.7. The number of imide groups is 1. The zero-order valence-corrected chi connectivity index (χ0v) is 47.7. The van der Waals surface area contributed by atoms with Gasteiger partial charge in [0.15, 0.2) is 22.3 Å². The minimum absolute atomic E-state index is 0.0108. The molecule has 3 atom stereocenters. The lowest BCUT2D eigenvalue weighted by Gasteiger charge is -2.28. The maximum Gasteiger partial charge on any atom is 0.317 e. The van der Waals surface area contributed by atoms with E-state index < -0.39 is 41.0 Å². The van der Waals surface area contributed by atoms with E-state index in [-0.39, 0.29) is 79.0 Å². The molecule has 1 fully saturated rings. The molecule has 7 rings (SSSR count). The minimum Gasteiger partial charge on any atom is -0.496 e. The number of thiazole rings is 1. The van der Waals surface area contributed by atoms with Crippen LogP contribution in [0, 0.1) is 13.8 Å². The Bertz CT molecular complexity index is 3580. The number of oxazole rings is 2. The Labute approximate surface area is 476 Å². The second-order valence-electron chi connectivity index (χ2n) is 18.8. The summed E-state index contributed by atoms with van der Waals surface area (Å²) in [6.07, 6.45) is 6.46. The molecule has 6 aromatic rings. The molecule has 0 bridgehead atoms. The highest BCUT2D eigenvalue weighted by atomic mass is 32.1. The Hall–Kier alpha value is -8.71. The molecule has 5 amide bonds. The average molecular weight is 1150 g/mol. The number of nitrogens with zero attached hydrogens (tertiary/aromatic N) is 7. The van der Waals surface area contributed by atoms with Crippen LogP contribution in [-0.2, 0) is 45.1 Å². The Morgan fingerprint density at radius 3 is 2.17 bits per heavy atom. The molecule has 81 heavy (non-hydrogen) atoms. The second-order valence-corrected chi connectivity index (χ2v) is 20.5. The first kappa shape index (κ1) is 59.9. The highest BCUT2D eigenvalue weighted by molar-refractivity contribution is 7.81. The minimum atomic E-state index is -0.707. The standard InChI is InChI=1S/C56H66N12O11S2/c1-11-38-49(78-34(8)62-38)32(6)61-55-64-41-23-36(51(57)71)25-43(77-22-16-21-76-33(7)30(4)60-31(5)40(17-15-20-69)59-29(3)28-68-46(70)27-44(80)54(68)74)47(41)66(55)18-13-14-19-67-48-42(75-10)24-37(52(58)72)26-45(48)81-56(67)65-53(73)50-39(12-2)63-35(9)79-50/h13-14,20,23-26,30,40,44,59-60,80H,3,5-7,11-12,15-19,21-22,27-28H2,1-2,4,8-10H3,(H2,57,71)(H2,58,72)(H,61,64)/b14-13+,65-56?/t30-,40?,44?/m0/s1. The van der Waals surface area contributed by atoms with Gasteiger partial charge in [0.05, 0.1) is 71.5 Å². The smallest absolute Gasteiger partial charge is 0.317 e. The van der Waals surface area contributed by atoms with Crippen LogP contribution in [0.5, 0.6) is 11.5 Å². The molecule has 0 radical (unpaired) electrons. The monoisotopic (exact) mass is 1150 g/mol. The van der Waals surface area contributed by atoms with E-state index in [1.54, 1.807) is 36.6 Å². The Balaban J connectivity index is 1.12. The van der Waals surface area contributed by atoms with Gasteiger partial charge in [-0.2, -0.15) is 17.6 Å². The summed E-state index contributed by atoms with van der Waals surface area (Å²) in [6.45, 7) is 26.1. The van der Waals surface area contributed by atoms with Gasteiger partial charge in [-0.15, -0.1) is 0 Å². The molecule has 5 heterocycles. The number of thiol groups is 1. The van der Waals surface area contributed by atoms with Gasteiger partial charge >= 0.3 is 5.91 Å². The van der Waals surface area contributed by atoms with E-state index in [1.165, 1.54) is 13.2 Å². The predicted octanol–water partition coefficient (Wildman–Crippen LogP) is 6.36. The number of aromatic nitrogens is 5. The number of hydrogen-bond acceptors (Lipinski definition) is 19. The molecule has 4 aromatic heterocycles. The number of primary amides is 2. The number of fused-ring (bicyclic) bond motifs is 2. The molecule has 7 N–H and O–H groups in total. The first-order chi connectivity index (χ1) is 38.7. The van der Waals surface area contributed by atoms with E-state index in [1.807, 2.05) is 37.5 Å². The van der Waals surface area contributed by atoms with Crippen LogP contribution in [0.2, 0.25) is 0 Å². The lowest BCUT2D eigenvalue weighted by Crippen LogP contribution is -2.42. The van der Waals surface area contributed by atoms with Crippen molar-refractivity contribution in [1.29, 1.82) is 0 Å². The number of carbonyl (C=O) groups is 6. The van der Waals surface area contributed by atoms with Gasteiger partial charge in [-0.05, 0) is 50.5 Å². The van der Waals surface area contributed by atoms with Crippen LogP contribution in [0.15, 0.2) is 93.7 Å². The fraction of sp³-hybridized carbons (Fsp3) is 0.357. The summed E-state index contributed by atoms with van der Waals surface area (Å²) in [7, 11) is 1.47. The summed E-state index contributed by atoms with van der Waals surface area (Å²) in [5.74, 6) is -0.173. The number of amides is 5. The fourth-order valence-electron chi connectivity index (χ4n) is 8.90. The molecule has 1 saturated heterocycles. The predicted molar refractivity (Wildman–Crippen MR) is 308 cm³/mol. The molecule has 0 aliphatic carbocycles. The van der Waals surface area contributed by atoms with Crippen molar-refractivity contribution in [2.45, 2.75) is 104 Å². The summed E-state index contributed by atoms with van der Waals surface area (Å²) in [5.41, 5.74) is 15.8. The number of methoxy groups -OCH3 is 1. The van der Waals surface area contributed by atoms with Crippen LogP contribution in [0.4, 0.5) is 5.95 Å². The number of aldehydes is 1. The zero-order chi connectivity index (χ0) is 58.8. The van der Waals surface area contributed by atoms with Gasteiger partial charge in [-0.3, -0.25) is 28.9 Å². The lowest BCUT2D eigenvalue weighted by molar-refractivity contribution is -0.137. The first-order valence-electron chi connectivity index (χ1n) is 25.9. The summed E-state index contributed by atoms with van der Waals surface area (Å²) in [5, 5.41) is 9.07. The summed E-state index contributed by atoms with van der Waals surface area (Å²) in [4.78, 5) is 94.7. The molecule has 25 heteroatoms. The SMILES string of the molecule is C=C(CN1C(=O)CC(S)C1=O)NC(CCC=O)C(=C)N[C@@H](C)C(=C)OCCCOc1cc(C(N)=O)cc2nc(NC(=C)c3oc(C)nc3CC)n(C/C=C/Cn3c(=NC(=O)c4oc(C)nc4CC)sc4cc(C(N)=O)cc(OC)c43)c12. The first-order valence-corrected chi connectivity index (χ1v) is 27.3. The van der Waals surface area contributed by atoms with Crippen molar-refractivity contribution in [3.05, 3.63) is 131 Å². The quantitative estimate of drug-likeness (QED) is 0.00714. The van der Waals surface area contributed by atoms with Crippen molar-refractivity contribution in [2.24, 2.45) is 16.5 Å². The molecular weight excluding hydrogens is 1080 g/mol. The number of allylic oxidation sites excluding steroid dienone is 2. The number of ether oxygens (including phenoxy) is 3. The van der Waals surface area contributed by atoms with Crippen LogP contribution in [0.1, 0.15) is 107 Å². The number of nitrogens with one attached hydrogen (secondary N) is 3. The molecule has 2 aromatic carbocycles. The number of hydrogen-bond donors (Lipinski definition) is 6. The maximum atomic E-state index is 13.7. The molecule has 0 spiro atoms. The molecule has 0 saturated carbocycles. The van der Waals surface area contributed by atoms with Crippen LogP contribution in [-0.4, -0.2) is 109 Å². The van der Waals surface area contributed by atoms with E-state index >= 15 is 0 Å². The van der Waals surface area contributed by atoms with Gasteiger partial charge in [0, 0.05) is 68.7 Å². The van der Waals surface area contributed by atoms with Gasteiger partial charge in [0.25, 0.3) is 0 Å². The highest BCUT2D eigenvalue weighted by Crippen LogP contribution is 2.34. The molecule has 1 aliphatic heterocycles. The van der Waals surface area contributed by atoms with Crippen LogP contribution >= 0.6 is 24.0 Å². The molecule has 1 aliphatic rings. The van der Waals surface area contributed by atoms with Crippen molar-refractivity contribution in [3.8, 4) is 11.5 Å². The number of aryl methyl sites for hydroxylation is 4. The topological polar surface area (TPSA) is 309 Å². The number of nitrogens with two attached hydrogens (primary N) is 2. The van der Waals surface area contributed by atoms with Crippen LogP contribution < -0.4 is 41.7 Å². The highest BCUT2D eigenvalue weighted by Gasteiger charge is 2.37. The van der Waals surface area contributed by atoms with Crippen LogP contribution in [0.3, 0.4) is 0 Å². The van der Waals surface area contributed by atoms with Crippen molar-refractivity contribution in [1.82, 2.24) is 39.6 Å². The zero-order valence-electron chi connectivity index (χ0n) is 46.0. The van der Waals surface area contributed by atoms with E-state index in [9.17, 15) is 28.8 Å². The van der Waals surface area contributed by atoms with E-state index in [0.717, 1.165) is 22.5 Å². The number of likely N-dealkylation sites (tertiary alicyclic amines) is 1. The van der Waals surface area contributed by atoms with Gasteiger partial charge < -0.3 is 64.4 Å². The summed E-state index contributed by atoms with van der Waals surface area (Å²) >= 11 is 5.35. The Morgan fingerprint density at radius 2 is 1.54 bits per heavy atom. The average Bonchev–Trinajstić information content (AvgIpc) is 4.27.